The molecule has 0 aliphatic carbocycles. The first-order chi connectivity index (χ1) is 8.87. The normalized spacial score (nSPS) is 18.8. The molecular weight excluding hydrogens is 246 g/mol. The number of carbonyl (C=O) groups is 2. The van der Waals surface area contributed by atoms with Gasteiger partial charge < -0.3 is 9.80 Å². The van der Waals surface area contributed by atoms with Crippen molar-refractivity contribution in [2.75, 3.05) is 20.1 Å². The van der Waals surface area contributed by atoms with Crippen molar-refractivity contribution in [1.29, 1.82) is 0 Å². The van der Waals surface area contributed by atoms with Crippen LogP contribution in [0.3, 0.4) is 0 Å². The van der Waals surface area contributed by atoms with Crippen molar-refractivity contribution in [2.45, 2.75) is 32.7 Å². The Morgan fingerprint density at radius 2 is 2.11 bits per heavy atom. The summed E-state index contributed by atoms with van der Waals surface area (Å²) in [6.07, 6.45) is 0.686. The van der Waals surface area contributed by atoms with Gasteiger partial charge >= 0.3 is 0 Å². The molecule has 0 unspecified atom stereocenters. The zero-order valence-corrected chi connectivity index (χ0v) is 11.7. The van der Waals surface area contributed by atoms with Crippen molar-refractivity contribution in [2.24, 2.45) is 0 Å². The van der Waals surface area contributed by atoms with Gasteiger partial charge in [-0.05, 0) is 13.8 Å². The van der Waals surface area contributed by atoms with Crippen LogP contribution in [0.25, 0.3) is 0 Å². The predicted molar refractivity (Wildman–Crippen MR) is 68.5 cm³/mol. The van der Waals surface area contributed by atoms with Crippen LogP contribution >= 0.6 is 0 Å². The lowest BCUT2D eigenvalue weighted by Gasteiger charge is -2.44. The molecule has 19 heavy (non-hydrogen) atoms. The lowest BCUT2D eigenvalue weighted by Crippen LogP contribution is -2.63. The number of piperazine rings is 1. The van der Waals surface area contributed by atoms with Crippen LogP contribution in [0.2, 0.25) is 0 Å². The molecule has 0 bridgehead atoms. The first-order valence-electron chi connectivity index (χ1n) is 6.36. The number of rotatable bonds is 2. The number of aryl methyl sites for hydroxylation is 1. The van der Waals surface area contributed by atoms with Crippen LogP contribution in [0.15, 0.2) is 0 Å². The Balaban J connectivity index is 2.25. The van der Waals surface area contributed by atoms with Gasteiger partial charge in [-0.15, -0.1) is 5.10 Å². The quantitative estimate of drug-likeness (QED) is 0.819. The van der Waals surface area contributed by atoms with Crippen molar-refractivity contribution in [3.63, 3.8) is 0 Å². The molecule has 1 saturated heterocycles. The Morgan fingerprint density at radius 3 is 2.68 bits per heavy atom. The van der Waals surface area contributed by atoms with Gasteiger partial charge in [-0.3, -0.25) is 14.7 Å². The van der Waals surface area contributed by atoms with Crippen molar-refractivity contribution in [3.8, 4) is 0 Å². The van der Waals surface area contributed by atoms with Gasteiger partial charge in [0.05, 0.1) is 0 Å². The Hall–Kier alpha value is -1.92. The summed E-state index contributed by atoms with van der Waals surface area (Å²) in [5.74, 6) is 0.421. The Kier molecular flexibility index (Phi) is 3.30. The highest BCUT2D eigenvalue weighted by atomic mass is 16.2. The summed E-state index contributed by atoms with van der Waals surface area (Å²) in [6.45, 7) is 6.44. The fourth-order valence-electron chi connectivity index (χ4n) is 2.24. The standard InChI is InChI=1S/C12H19N5O2/c1-5-8-13-9(15-14-8)10(18)17-7-6-16(4)11(19)12(17,2)3/h5-7H2,1-4H3,(H,13,14,15). The van der Waals surface area contributed by atoms with E-state index in [2.05, 4.69) is 15.2 Å². The molecule has 2 amide bonds. The van der Waals surface area contributed by atoms with Crippen LogP contribution in [-0.2, 0) is 11.2 Å². The SMILES string of the molecule is CCc1nc(C(=O)N2CCN(C)C(=O)C2(C)C)n[nH]1. The molecule has 1 aromatic rings. The highest BCUT2D eigenvalue weighted by Gasteiger charge is 2.44. The summed E-state index contributed by atoms with van der Waals surface area (Å²) in [4.78, 5) is 31.9. The molecule has 2 heterocycles. The van der Waals surface area contributed by atoms with E-state index in [-0.39, 0.29) is 17.6 Å². The van der Waals surface area contributed by atoms with Crippen molar-refractivity contribution in [3.05, 3.63) is 11.6 Å². The summed E-state index contributed by atoms with van der Waals surface area (Å²) in [6, 6.07) is 0. The first-order valence-corrected chi connectivity index (χ1v) is 6.36. The smallest absolute Gasteiger partial charge is 0.294 e. The van der Waals surface area contributed by atoms with Crippen LogP contribution in [0, 0.1) is 0 Å². The van der Waals surface area contributed by atoms with Crippen molar-refractivity contribution < 1.29 is 9.59 Å². The molecule has 0 saturated carbocycles. The zero-order chi connectivity index (χ0) is 14.2. The van der Waals surface area contributed by atoms with Gasteiger partial charge in [0.1, 0.15) is 11.4 Å². The number of likely N-dealkylation sites (N-methyl/N-ethyl adjacent to an activating group) is 1. The van der Waals surface area contributed by atoms with E-state index in [1.165, 1.54) is 4.90 Å². The maximum absolute atomic E-state index is 12.4. The maximum Gasteiger partial charge on any atom is 0.294 e. The van der Waals surface area contributed by atoms with E-state index in [1.54, 1.807) is 25.8 Å². The van der Waals surface area contributed by atoms with Crippen molar-refractivity contribution >= 4 is 11.8 Å². The number of H-pyrrole nitrogens is 1. The Labute approximate surface area is 112 Å². The zero-order valence-electron chi connectivity index (χ0n) is 11.7. The predicted octanol–water partition coefficient (Wildman–Crippen LogP) is 0.0599. The van der Waals surface area contributed by atoms with E-state index in [9.17, 15) is 9.59 Å². The van der Waals surface area contributed by atoms with Crippen LogP contribution in [0.4, 0.5) is 0 Å². The molecule has 2 rings (SSSR count). The number of hydrogen-bond donors (Lipinski definition) is 1. The monoisotopic (exact) mass is 265 g/mol. The number of nitrogens with zero attached hydrogens (tertiary/aromatic N) is 4. The molecule has 7 heteroatoms. The van der Waals surface area contributed by atoms with Gasteiger partial charge in [-0.2, -0.15) is 0 Å². The average Bonchev–Trinajstić information content (AvgIpc) is 2.84. The third-order valence-corrected chi connectivity index (χ3v) is 3.51. The molecule has 7 nitrogen and oxygen atoms in total. The van der Waals surface area contributed by atoms with E-state index in [4.69, 9.17) is 0 Å². The van der Waals surface area contributed by atoms with E-state index >= 15 is 0 Å². The van der Waals surface area contributed by atoms with Crippen LogP contribution in [0.1, 0.15) is 37.2 Å². The summed E-state index contributed by atoms with van der Waals surface area (Å²) >= 11 is 0. The Morgan fingerprint density at radius 1 is 1.42 bits per heavy atom. The van der Waals surface area contributed by atoms with Crippen LogP contribution < -0.4 is 0 Å². The van der Waals surface area contributed by atoms with Gasteiger partial charge in [0, 0.05) is 26.6 Å². The number of hydrogen-bond acceptors (Lipinski definition) is 4. The molecule has 0 radical (unpaired) electrons. The third-order valence-electron chi connectivity index (χ3n) is 3.51. The fourth-order valence-corrected chi connectivity index (χ4v) is 2.24. The second kappa shape index (κ2) is 4.64. The molecule has 1 aromatic heterocycles. The largest absolute Gasteiger partial charge is 0.342 e. The van der Waals surface area contributed by atoms with Gasteiger partial charge in [-0.1, -0.05) is 6.92 Å². The lowest BCUT2D eigenvalue weighted by molar-refractivity contribution is -0.144. The average molecular weight is 265 g/mol. The molecule has 0 spiro atoms. The van der Waals surface area contributed by atoms with Crippen LogP contribution in [-0.4, -0.2) is 62.5 Å². The van der Waals surface area contributed by atoms with Crippen molar-refractivity contribution in [1.82, 2.24) is 25.0 Å². The van der Waals surface area contributed by atoms with Crippen LogP contribution in [0.5, 0.6) is 0 Å². The lowest BCUT2D eigenvalue weighted by atomic mass is 9.97. The summed E-state index contributed by atoms with van der Waals surface area (Å²) in [5.41, 5.74) is -0.864. The van der Waals surface area contributed by atoms with Gasteiger partial charge in [0.15, 0.2) is 0 Å². The minimum Gasteiger partial charge on any atom is -0.342 e. The minimum absolute atomic E-state index is 0.0710. The molecule has 104 valence electrons. The first kappa shape index (κ1) is 13.5. The van der Waals surface area contributed by atoms with Gasteiger partial charge in [-0.25, -0.2) is 4.98 Å². The topological polar surface area (TPSA) is 82.2 Å². The number of nitrogens with one attached hydrogen (secondary N) is 1. The number of amides is 2. The number of aromatic nitrogens is 3. The fraction of sp³-hybridized carbons (Fsp3) is 0.667. The minimum atomic E-state index is -0.864. The Bertz CT molecular complexity index is 508. The number of aromatic amines is 1. The molecular formula is C12H19N5O2. The molecule has 1 fully saturated rings. The highest BCUT2D eigenvalue weighted by Crippen LogP contribution is 2.23. The highest BCUT2D eigenvalue weighted by molar-refractivity contribution is 5.97. The van der Waals surface area contributed by atoms with E-state index < -0.39 is 5.54 Å². The molecule has 0 aromatic carbocycles. The second-order valence-corrected chi connectivity index (χ2v) is 5.20. The summed E-state index contributed by atoms with van der Waals surface area (Å²) in [7, 11) is 1.74. The van der Waals surface area contributed by atoms with E-state index in [0.29, 0.717) is 25.3 Å². The van der Waals surface area contributed by atoms with E-state index in [1.807, 2.05) is 6.92 Å². The molecule has 1 aliphatic rings. The molecule has 1 N–H and O–H groups in total. The summed E-state index contributed by atoms with van der Waals surface area (Å²) < 4.78 is 0. The molecule has 0 atom stereocenters. The second-order valence-electron chi connectivity index (χ2n) is 5.20. The summed E-state index contributed by atoms with van der Waals surface area (Å²) in [5, 5.41) is 6.64. The van der Waals surface area contributed by atoms with Gasteiger partial charge in [0.25, 0.3) is 5.91 Å². The maximum atomic E-state index is 12.4. The number of carbonyl (C=O) groups excluding carboxylic acids is 2. The van der Waals surface area contributed by atoms with E-state index in [0.717, 1.165) is 0 Å². The third kappa shape index (κ3) is 2.20. The molecule has 1 aliphatic heterocycles. The van der Waals surface area contributed by atoms with Gasteiger partial charge in [0.2, 0.25) is 11.7 Å².